The fourth-order valence-corrected chi connectivity index (χ4v) is 2.20. The lowest BCUT2D eigenvalue weighted by atomic mass is 10.0. The quantitative estimate of drug-likeness (QED) is 0.850. The van der Waals surface area contributed by atoms with Crippen LogP contribution in [0.15, 0.2) is 6.07 Å². The maximum absolute atomic E-state index is 6.39. The summed E-state index contributed by atoms with van der Waals surface area (Å²) < 4.78 is 10.8. The van der Waals surface area contributed by atoms with Crippen molar-refractivity contribution in [3.05, 3.63) is 22.2 Å². The van der Waals surface area contributed by atoms with Crippen LogP contribution in [0.1, 0.15) is 18.1 Å². The largest absolute Gasteiger partial charge is 0.493 e. The Kier molecular flexibility index (Phi) is 5.59. The highest BCUT2D eigenvalue weighted by Crippen LogP contribution is 2.39. The van der Waals surface area contributed by atoms with Gasteiger partial charge in [0.15, 0.2) is 11.5 Å². The second-order valence-electron chi connectivity index (χ2n) is 3.77. The standard InChI is InChI=1S/C13H20ClNO2/c1-5-9-8-11(16-3)13(17-4)10(12(9)14)6-7-15-2/h8,15H,5-7H2,1-4H3. The second-order valence-corrected chi connectivity index (χ2v) is 4.15. The van der Waals surface area contributed by atoms with Crippen LogP contribution in [0.5, 0.6) is 11.5 Å². The molecule has 0 atom stereocenters. The van der Waals surface area contributed by atoms with Crippen LogP contribution in [0.3, 0.4) is 0 Å². The molecular formula is C13H20ClNO2. The van der Waals surface area contributed by atoms with E-state index in [0.717, 1.165) is 47.0 Å². The van der Waals surface area contributed by atoms with Crippen LogP contribution in [0.4, 0.5) is 0 Å². The summed E-state index contributed by atoms with van der Waals surface area (Å²) in [6, 6.07) is 1.95. The first-order valence-electron chi connectivity index (χ1n) is 5.76. The minimum Gasteiger partial charge on any atom is -0.493 e. The van der Waals surface area contributed by atoms with Crippen molar-refractivity contribution in [2.45, 2.75) is 19.8 Å². The van der Waals surface area contributed by atoms with Crippen LogP contribution in [-0.2, 0) is 12.8 Å². The zero-order chi connectivity index (χ0) is 12.8. The molecule has 1 aromatic carbocycles. The maximum atomic E-state index is 6.39. The first-order chi connectivity index (χ1) is 8.19. The average Bonchev–Trinajstić information content (AvgIpc) is 2.36. The molecule has 96 valence electrons. The number of likely N-dealkylation sites (N-methyl/N-ethyl adjacent to an activating group) is 1. The molecule has 0 aliphatic carbocycles. The van der Waals surface area contributed by atoms with Crippen molar-refractivity contribution in [1.29, 1.82) is 0 Å². The normalized spacial score (nSPS) is 10.4. The Bertz CT molecular complexity index is 380. The van der Waals surface area contributed by atoms with E-state index in [9.17, 15) is 0 Å². The van der Waals surface area contributed by atoms with Crippen molar-refractivity contribution >= 4 is 11.6 Å². The van der Waals surface area contributed by atoms with Gasteiger partial charge in [-0.2, -0.15) is 0 Å². The monoisotopic (exact) mass is 257 g/mol. The summed E-state index contributed by atoms with van der Waals surface area (Å²) in [6.45, 7) is 2.93. The molecule has 3 nitrogen and oxygen atoms in total. The summed E-state index contributed by atoms with van der Waals surface area (Å²) in [6.07, 6.45) is 1.70. The Balaban J connectivity index is 3.28. The lowest BCUT2D eigenvalue weighted by molar-refractivity contribution is 0.351. The average molecular weight is 258 g/mol. The van der Waals surface area contributed by atoms with Gasteiger partial charge in [-0.05, 0) is 38.1 Å². The van der Waals surface area contributed by atoms with E-state index in [-0.39, 0.29) is 0 Å². The van der Waals surface area contributed by atoms with Crippen molar-refractivity contribution in [3.63, 3.8) is 0 Å². The van der Waals surface area contributed by atoms with Crippen LogP contribution < -0.4 is 14.8 Å². The fourth-order valence-electron chi connectivity index (χ4n) is 1.84. The van der Waals surface area contributed by atoms with E-state index in [4.69, 9.17) is 21.1 Å². The number of hydrogen-bond acceptors (Lipinski definition) is 3. The fraction of sp³-hybridized carbons (Fsp3) is 0.538. The molecule has 1 N–H and O–H groups in total. The van der Waals surface area contributed by atoms with Gasteiger partial charge in [-0.25, -0.2) is 0 Å². The van der Waals surface area contributed by atoms with E-state index in [1.807, 2.05) is 13.1 Å². The number of nitrogens with one attached hydrogen (secondary N) is 1. The molecule has 0 aliphatic heterocycles. The highest BCUT2D eigenvalue weighted by molar-refractivity contribution is 6.32. The van der Waals surface area contributed by atoms with Crippen molar-refractivity contribution < 1.29 is 9.47 Å². The molecule has 4 heteroatoms. The van der Waals surface area contributed by atoms with E-state index in [1.165, 1.54) is 0 Å². The third kappa shape index (κ3) is 3.05. The molecule has 0 saturated heterocycles. The number of benzene rings is 1. The molecule has 0 fully saturated rings. The molecule has 0 saturated carbocycles. The Morgan fingerprint density at radius 3 is 2.47 bits per heavy atom. The van der Waals surface area contributed by atoms with Gasteiger partial charge in [0.05, 0.1) is 19.2 Å². The van der Waals surface area contributed by atoms with Gasteiger partial charge in [-0.3, -0.25) is 0 Å². The summed E-state index contributed by atoms with van der Waals surface area (Å²) >= 11 is 6.39. The lowest BCUT2D eigenvalue weighted by Gasteiger charge is -2.17. The molecule has 17 heavy (non-hydrogen) atoms. The SMILES string of the molecule is CCc1cc(OC)c(OC)c(CCNC)c1Cl. The molecule has 0 aliphatic rings. The summed E-state index contributed by atoms with van der Waals surface area (Å²) in [4.78, 5) is 0. The summed E-state index contributed by atoms with van der Waals surface area (Å²) in [5.74, 6) is 1.49. The molecule has 0 radical (unpaired) electrons. The molecule has 0 bridgehead atoms. The molecule has 0 unspecified atom stereocenters. The Labute approximate surface area is 108 Å². The predicted octanol–water partition coefficient (Wildman–Crippen LogP) is 2.68. The number of methoxy groups -OCH3 is 2. The van der Waals surface area contributed by atoms with E-state index in [1.54, 1.807) is 14.2 Å². The van der Waals surface area contributed by atoms with Gasteiger partial charge in [-0.1, -0.05) is 18.5 Å². The van der Waals surface area contributed by atoms with E-state index < -0.39 is 0 Å². The number of halogens is 1. The van der Waals surface area contributed by atoms with Crippen molar-refractivity contribution in [3.8, 4) is 11.5 Å². The maximum Gasteiger partial charge on any atom is 0.165 e. The van der Waals surface area contributed by atoms with Gasteiger partial charge in [-0.15, -0.1) is 0 Å². The highest BCUT2D eigenvalue weighted by atomic mass is 35.5. The molecule has 0 spiro atoms. The minimum absolute atomic E-state index is 0.741. The number of ether oxygens (including phenoxy) is 2. The molecule has 0 amide bonds. The van der Waals surface area contributed by atoms with Gasteiger partial charge in [0.25, 0.3) is 0 Å². The van der Waals surface area contributed by atoms with E-state index >= 15 is 0 Å². The summed E-state index contributed by atoms with van der Waals surface area (Å²) in [5.41, 5.74) is 2.11. The van der Waals surface area contributed by atoms with Gasteiger partial charge in [0.1, 0.15) is 0 Å². The zero-order valence-electron chi connectivity index (χ0n) is 10.9. The van der Waals surface area contributed by atoms with Gasteiger partial charge >= 0.3 is 0 Å². The Morgan fingerprint density at radius 1 is 1.29 bits per heavy atom. The van der Waals surface area contributed by atoms with Crippen LogP contribution in [0.2, 0.25) is 5.02 Å². The van der Waals surface area contributed by atoms with Crippen molar-refractivity contribution in [2.24, 2.45) is 0 Å². The van der Waals surface area contributed by atoms with Crippen molar-refractivity contribution in [2.75, 3.05) is 27.8 Å². The van der Waals surface area contributed by atoms with Crippen LogP contribution in [0.25, 0.3) is 0 Å². The zero-order valence-corrected chi connectivity index (χ0v) is 11.6. The second kappa shape index (κ2) is 6.72. The highest BCUT2D eigenvalue weighted by Gasteiger charge is 2.17. The number of aryl methyl sites for hydroxylation is 1. The van der Waals surface area contributed by atoms with E-state index in [2.05, 4.69) is 12.2 Å². The smallest absolute Gasteiger partial charge is 0.165 e. The molecule has 1 rings (SSSR count). The molecular weight excluding hydrogens is 238 g/mol. The molecule has 1 aromatic rings. The Hall–Kier alpha value is -0.930. The lowest BCUT2D eigenvalue weighted by Crippen LogP contribution is -2.12. The Morgan fingerprint density at radius 2 is 2.00 bits per heavy atom. The van der Waals surface area contributed by atoms with Crippen LogP contribution in [-0.4, -0.2) is 27.8 Å². The topological polar surface area (TPSA) is 30.5 Å². The third-order valence-electron chi connectivity index (χ3n) is 2.78. The summed E-state index contributed by atoms with van der Waals surface area (Å²) in [7, 11) is 5.21. The molecule has 0 heterocycles. The summed E-state index contributed by atoms with van der Waals surface area (Å²) in [5, 5.41) is 3.91. The van der Waals surface area contributed by atoms with E-state index in [0.29, 0.717) is 0 Å². The van der Waals surface area contributed by atoms with Gasteiger partial charge in [0, 0.05) is 5.56 Å². The minimum atomic E-state index is 0.741. The number of hydrogen-bond donors (Lipinski definition) is 1. The first-order valence-corrected chi connectivity index (χ1v) is 6.14. The first kappa shape index (κ1) is 14.1. The van der Waals surface area contributed by atoms with Gasteiger partial charge < -0.3 is 14.8 Å². The van der Waals surface area contributed by atoms with Gasteiger partial charge in [0.2, 0.25) is 0 Å². The molecule has 0 aromatic heterocycles. The van der Waals surface area contributed by atoms with Crippen LogP contribution in [0, 0.1) is 0 Å². The predicted molar refractivity (Wildman–Crippen MR) is 71.6 cm³/mol. The van der Waals surface area contributed by atoms with Crippen LogP contribution >= 0.6 is 11.6 Å². The number of rotatable bonds is 6. The third-order valence-corrected chi connectivity index (χ3v) is 3.25. The van der Waals surface area contributed by atoms with Crippen molar-refractivity contribution in [1.82, 2.24) is 5.32 Å².